The van der Waals surface area contributed by atoms with Crippen LogP contribution in [-0.4, -0.2) is 26.5 Å². The lowest BCUT2D eigenvalue weighted by Crippen LogP contribution is -2.11. The van der Waals surface area contributed by atoms with Crippen LogP contribution in [0.1, 0.15) is 12.6 Å². The molecule has 0 atom stereocenters. The van der Waals surface area contributed by atoms with Gasteiger partial charge in [-0.3, -0.25) is 0 Å². The Morgan fingerprint density at radius 3 is 2.57 bits per heavy atom. The molecule has 7 nitrogen and oxygen atoms in total. The van der Waals surface area contributed by atoms with Crippen LogP contribution in [0, 0.1) is 0 Å². The van der Waals surface area contributed by atoms with Crippen LogP contribution in [0.2, 0.25) is 0 Å². The molecular formula is C20H19N5O2S. The van der Waals surface area contributed by atoms with Crippen LogP contribution < -0.4 is 10.6 Å². The van der Waals surface area contributed by atoms with Gasteiger partial charge >= 0.3 is 0 Å². The van der Waals surface area contributed by atoms with Crippen molar-refractivity contribution in [2.75, 3.05) is 12.4 Å². The number of aromatic nitrogens is 4. The Bertz CT molecular complexity index is 1040. The highest BCUT2D eigenvalue weighted by molar-refractivity contribution is 7.98. The molecule has 0 saturated carbocycles. The Kier molecular flexibility index (Phi) is 5.29. The second-order valence-corrected chi connectivity index (χ2v) is 6.87. The van der Waals surface area contributed by atoms with Gasteiger partial charge < -0.3 is 15.0 Å². The third-order valence-electron chi connectivity index (χ3n) is 4.01. The van der Waals surface area contributed by atoms with E-state index in [4.69, 9.17) is 15.0 Å². The molecule has 0 amide bonds. The predicted molar refractivity (Wildman–Crippen MR) is 108 cm³/mol. The highest BCUT2D eigenvalue weighted by Gasteiger charge is 2.14. The molecule has 0 aliphatic heterocycles. The van der Waals surface area contributed by atoms with Crippen molar-refractivity contribution in [3.63, 3.8) is 0 Å². The standard InChI is InChI=1S/C20H19N5O2S/c1-2-26-17-10-8-14(9-11-17)18-23-24-20(25(18)21)28-13-16-12-27-19(22-16)15-6-4-3-5-7-15/h3-12H,2,13,21H2,1H3. The van der Waals surface area contributed by atoms with Gasteiger partial charge in [-0.25, -0.2) is 9.66 Å². The minimum Gasteiger partial charge on any atom is -0.494 e. The summed E-state index contributed by atoms with van der Waals surface area (Å²) in [6, 6.07) is 17.4. The zero-order valence-corrected chi connectivity index (χ0v) is 16.1. The molecule has 4 rings (SSSR count). The summed E-state index contributed by atoms with van der Waals surface area (Å²) in [6.45, 7) is 2.58. The van der Waals surface area contributed by atoms with Gasteiger partial charge in [0.15, 0.2) is 5.82 Å². The summed E-state index contributed by atoms with van der Waals surface area (Å²) >= 11 is 1.45. The Labute approximate surface area is 166 Å². The van der Waals surface area contributed by atoms with Gasteiger partial charge in [-0.05, 0) is 43.3 Å². The normalized spacial score (nSPS) is 10.9. The SMILES string of the molecule is CCOc1ccc(-c2nnc(SCc3coc(-c4ccccc4)n3)n2N)cc1. The number of nitrogens with two attached hydrogens (primary N) is 1. The van der Waals surface area contributed by atoms with E-state index in [1.807, 2.05) is 61.5 Å². The quantitative estimate of drug-likeness (QED) is 0.375. The smallest absolute Gasteiger partial charge is 0.226 e. The Morgan fingerprint density at radius 1 is 1.04 bits per heavy atom. The van der Waals surface area contributed by atoms with Gasteiger partial charge in [0.1, 0.15) is 12.0 Å². The Balaban J connectivity index is 1.44. The summed E-state index contributed by atoms with van der Waals surface area (Å²) in [7, 11) is 0. The van der Waals surface area contributed by atoms with Crippen molar-refractivity contribution in [1.29, 1.82) is 0 Å². The number of nitrogens with zero attached hydrogens (tertiary/aromatic N) is 4. The lowest BCUT2D eigenvalue weighted by molar-refractivity contribution is 0.340. The van der Waals surface area contributed by atoms with E-state index in [1.54, 1.807) is 6.26 Å². The molecule has 0 radical (unpaired) electrons. The molecule has 4 aromatic rings. The van der Waals surface area contributed by atoms with Gasteiger partial charge in [-0.15, -0.1) is 10.2 Å². The summed E-state index contributed by atoms with van der Waals surface area (Å²) in [5, 5.41) is 9.01. The molecule has 8 heteroatoms. The minimum atomic E-state index is 0.578. The van der Waals surface area contributed by atoms with E-state index in [1.165, 1.54) is 16.4 Å². The van der Waals surface area contributed by atoms with Crippen LogP contribution in [-0.2, 0) is 5.75 Å². The highest BCUT2D eigenvalue weighted by atomic mass is 32.2. The predicted octanol–water partition coefficient (Wildman–Crippen LogP) is 4.00. The number of thioether (sulfide) groups is 1. The second-order valence-electron chi connectivity index (χ2n) is 5.93. The van der Waals surface area contributed by atoms with Crippen molar-refractivity contribution < 1.29 is 9.15 Å². The molecule has 28 heavy (non-hydrogen) atoms. The zero-order chi connectivity index (χ0) is 19.3. The molecular weight excluding hydrogens is 374 g/mol. The first-order valence-corrected chi connectivity index (χ1v) is 9.79. The average molecular weight is 393 g/mol. The number of oxazole rings is 1. The number of ether oxygens (including phenoxy) is 1. The molecule has 2 N–H and O–H groups in total. The maximum Gasteiger partial charge on any atom is 0.226 e. The molecule has 2 heterocycles. The molecule has 0 fully saturated rings. The Hall–Kier alpha value is -3.26. The van der Waals surface area contributed by atoms with E-state index in [0.717, 1.165) is 22.6 Å². The van der Waals surface area contributed by atoms with Crippen LogP contribution in [0.25, 0.3) is 22.8 Å². The number of hydrogen-bond donors (Lipinski definition) is 1. The third kappa shape index (κ3) is 3.86. The maximum absolute atomic E-state index is 6.19. The molecule has 0 aliphatic carbocycles. The van der Waals surface area contributed by atoms with Crippen LogP contribution >= 0.6 is 11.8 Å². The lowest BCUT2D eigenvalue weighted by atomic mass is 10.2. The van der Waals surface area contributed by atoms with Crippen molar-refractivity contribution in [2.24, 2.45) is 0 Å². The van der Waals surface area contributed by atoms with E-state index in [2.05, 4.69) is 15.2 Å². The topological polar surface area (TPSA) is 92.0 Å². The lowest BCUT2D eigenvalue weighted by Gasteiger charge is -2.05. The highest BCUT2D eigenvalue weighted by Crippen LogP contribution is 2.26. The zero-order valence-electron chi connectivity index (χ0n) is 15.3. The number of benzene rings is 2. The molecule has 2 aromatic carbocycles. The molecule has 0 unspecified atom stereocenters. The summed E-state index contributed by atoms with van der Waals surface area (Å²) in [5.74, 6) is 8.77. The van der Waals surface area contributed by atoms with Crippen LogP contribution in [0.3, 0.4) is 0 Å². The van der Waals surface area contributed by atoms with Gasteiger partial charge in [0.05, 0.1) is 12.3 Å². The second kappa shape index (κ2) is 8.18. The fourth-order valence-corrected chi connectivity index (χ4v) is 3.40. The monoisotopic (exact) mass is 393 g/mol. The van der Waals surface area contributed by atoms with Gasteiger partial charge in [-0.2, -0.15) is 0 Å². The van der Waals surface area contributed by atoms with Crippen LogP contribution in [0.15, 0.2) is 70.4 Å². The van der Waals surface area contributed by atoms with Gasteiger partial charge in [0, 0.05) is 16.9 Å². The summed E-state index contributed by atoms with van der Waals surface area (Å²) in [6.07, 6.45) is 1.65. The molecule has 0 aliphatic rings. The molecule has 142 valence electrons. The molecule has 0 bridgehead atoms. The van der Waals surface area contributed by atoms with Gasteiger partial charge in [-0.1, -0.05) is 30.0 Å². The molecule has 2 aromatic heterocycles. The van der Waals surface area contributed by atoms with Crippen molar-refractivity contribution in [3.8, 4) is 28.6 Å². The van der Waals surface area contributed by atoms with Gasteiger partial charge in [0.25, 0.3) is 0 Å². The average Bonchev–Trinajstić information content (AvgIpc) is 3.35. The number of nitrogen functional groups attached to an aromatic ring is 1. The van der Waals surface area contributed by atoms with Crippen LogP contribution in [0.4, 0.5) is 0 Å². The van der Waals surface area contributed by atoms with Crippen molar-refractivity contribution in [3.05, 3.63) is 66.6 Å². The van der Waals surface area contributed by atoms with E-state index in [0.29, 0.717) is 29.2 Å². The molecule has 0 spiro atoms. The van der Waals surface area contributed by atoms with E-state index in [-0.39, 0.29) is 0 Å². The van der Waals surface area contributed by atoms with Crippen LogP contribution in [0.5, 0.6) is 5.75 Å². The van der Waals surface area contributed by atoms with Crippen molar-refractivity contribution >= 4 is 11.8 Å². The third-order valence-corrected chi connectivity index (χ3v) is 4.99. The van der Waals surface area contributed by atoms with Crippen molar-refractivity contribution in [1.82, 2.24) is 19.9 Å². The van der Waals surface area contributed by atoms with E-state index >= 15 is 0 Å². The summed E-state index contributed by atoms with van der Waals surface area (Å²) in [4.78, 5) is 4.52. The maximum atomic E-state index is 6.19. The summed E-state index contributed by atoms with van der Waals surface area (Å²) in [5.41, 5.74) is 2.63. The first-order valence-electron chi connectivity index (χ1n) is 8.81. The Morgan fingerprint density at radius 2 is 1.82 bits per heavy atom. The number of rotatable bonds is 7. The van der Waals surface area contributed by atoms with Gasteiger partial charge in [0.2, 0.25) is 11.0 Å². The first kappa shape index (κ1) is 18.1. The van der Waals surface area contributed by atoms with E-state index in [9.17, 15) is 0 Å². The first-order chi connectivity index (χ1) is 13.7. The fourth-order valence-electron chi connectivity index (χ4n) is 2.66. The summed E-state index contributed by atoms with van der Waals surface area (Å²) < 4.78 is 12.5. The fraction of sp³-hybridized carbons (Fsp3) is 0.150. The van der Waals surface area contributed by atoms with E-state index < -0.39 is 0 Å². The van der Waals surface area contributed by atoms with Crippen molar-refractivity contribution in [2.45, 2.75) is 17.8 Å². The number of hydrogen-bond acceptors (Lipinski definition) is 7. The minimum absolute atomic E-state index is 0.578. The molecule has 0 saturated heterocycles. The largest absolute Gasteiger partial charge is 0.494 e.